The Hall–Kier alpha value is -0.120. The highest BCUT2D eigenvalue weighted by Crippen LogP contribution is 2.19. The van der Waals surface area contributed by atoms with Crippen molar-refractivity contribution in [1.82, 2.24) is 15.1 Å². The molecule has 1 unspecified atom stereocenters. The van der Waals surface area contributed by atoms with E-state index in [1.807, 2.05) is 0 Å². The Morgan fingerprint density at radius 1 is 1.22 bits per heavy atom. The molecule has 2 fully saturated rings. The summed E-state index contributed by atoms with van der Waals surface area (Å²) >= 11 is 0. The summed E-state index contributed by atoms with van der Waals surface area (Å²) in [5.41, 5.74) is 0. The maximum absolute atomic E-state index is 3.64. The number of likely N-dealkylation sites (N-methyl/N-ethyl adjacent to an activating group) is 1. The molecule has 3 heteroatoms. The summed E-state index contributed by atoms with van der Waals surface area (Å²) in [5, 5.41) is 3.64. The highest BCUT2D eigenvalue weighted by Gasteiger charge is 2.27. The average Bonchev–Trinajstić information content (AvgIpc) is 2.89. The van der Waals surface area contributed by atoms with E-state index in [-0.39, 0.29) is 0 Å². The minimum atomic E-state index is 0.720. The Kier molecular flexibility index (Phi) is 5.46. The highest BCUT2D eigenvalue weighted by atomic mass is 15.2. The fraction of sp³-hybridized carbons (Fsp3) is 1.00. The van der Waals surface area contributed by atoms with Gasteiger partial charge >= 0.3 is 0 Å². The van der Waals surface area contributed by atoms with Crippen molar-refractivity contribution >= 4 is 0 Å². The van der Waals surface area contributed by atoms with Gasteiger partial charge < -0.3 is 10.2 Å². The van der Waals surface area contributed by atoms with Crippen molar-refractivity contribution in [3.05, 3.63) is 0 Å². The van der Waals surface area contributed by atoms with Crippen LogP contribution in [0.2, 0.25) is 0 Å². The summed E-state index contributed by atoms with van der Waals surface area (Å²) in [6.07, 6.45) is 5.47. The summed E-state index contributed by atoms with van der Waals surface area (Å²) in [7, 11) is 0. The third-order valence-electron chi connectivity index (χ3n) is 4.77. The van der Waals surface area contributed by atoms with Crippen LogP contribution < -0.4 is 5.32 Å². The molecule has 0 saturated carbocycles. The van der Waals surface area contributed by atoms with Crippen molar-refractivity contribution in [2.75, 3.05) is 32.7 Å². The van der Waals surface area contributed by atoms with Crippen molar-refractivity contribution in [2.24, 2.45) is 0 Å². The molecule has 1 N–H and O–H groups in total. The SMILES string of the molecule is CCN(CC1CCCN1)C1CCN(C(C)C)CC1. The molecular formula is C15H31N3. The number of hydrogen-bond donors (Lipinski definition) is 1. The number of hydrogen-bond acceptors (Lipinski definition) is 3. The number of likely N-dealkylation sites (tertiary alicyclic amines) is 1. The molecule has 0 radical (unpaired) electrons. The van der Waals surface area contributed by atoms with E-state index in [1.54, 1.807) is 0 Å². The predicted molar refractivity (Wildman–Crippen MR) is 78.0 cm³/mol. The molecule has 0 spiro atoms. The van der Waals surface area contributed by atoms with E-state index >= 15 is 0 Å². The van der Waals surface area contributed by atoms with Crippen molar-refractivity contribution in [3.8, 4) is 0 Å². The lowest BCUT2D eigenvalue weighted by atomic mass is 10.0. The van der Waals surface area contributed by atoms with Crippen LogP contribution in [0.1, 0.15) is 46.5 Å². The van der Waals surface area contributed by atoms with Gasteiger partial charge in [-0.05, 0) is 65.7 Å². The molecule has 0 amide bonds. The van der Waals surface area contributed by atoms with Gasteiger partial charge in [-0.25, -0.2) is 0 Å². The first kappa shape index (κ1) is 14.3. The molecule has 2 rings (SSSR count). The van der Waals surface area contributed by atoms with E-state index in [4.69, 9.17) is 0 Å². The highest BCUT2D eigenvalue weighted by molar-refractivity contribution is 4.85. The number of nitrogens with zero attached hydrogens (tertiary/aromatic N) is 2. The van der Waals surface area contributed by atoms with E-state index in [0.29, 0.717) is 0 Å². The Balaban J connectivity index is 1.78. The van der Waals surface area contributed by atoms with E-state index in [9.17, 15) is 0 Å². The largest absolute Gasteiger partial charge is 0.313 e. The Morgan fingerprint density at radius 3 is 2.44 bits per heavy atom. The molecule has 2 heterocycles. The molecule has 1 atom stereocenters. The first-order valence-electron chi connectivity index (χ1n) is 7.92. The summed E-state index contributed by atoms with van der Waals surface area (Å²) in [5.74, 6) is 0. The molecule has 106 valence electrons. The van der Waals surface area contributed by atoms with Gasteiger partial charge in [0.05, 0.1) is 0 Å². The van der Waals surface area contributed by atoms with E-state index in [0.717, 1.165) is 18.1 Å². The molecule has 0 bridgehead atoms. The lowest BCUT2D eigenvalue weighted by molar-refractivity contribution is 0.0901. The molecule has 3 nitrogen and oxygen atoms in total. The van der Waals surface area contributed by atoms with Crippen LogP contribution >= 0.6 is 0 Å². The van der Waals surface area contributed by atoms with Gasteiger partial charge in [-0.1, -0.05) is 6.92 Å². The van der Waals surface area contributed by atoms with Crippen molar-refractivity contribution in [2.45, 2.75) is 64.6 Å². The standard InChI is InChI=1S/C15H31N3/c1-4-17(12-14-6-5-9-16-14)15-7-10-18(11-8-15)13(2)3/h13-16H,4-12H2,1-3H3. The fourth-order valence-corrected chi connectivity index (χ4v) is 3.50. The van der Waals surface area contributed by atoms with E-state index in [2.05, 4.69) is 35.9 Å². The van der Waals surface area contributed by atoms with Crippen LogP contribution in [0.4, 0.5) is 0 Å². The van der Waals surface area contributed by atoms with Gasteiger partial charge in [0, 0.05) is 24.7 Å². The third-order valence-corrected chi connectivity index (χ3v) is 4.77. The van der Waals surface area contributed by atoms with Gasteiger partial charge in [-0.15, -0.1) is 0 Å². The molecular weight excluding hydrogens is 222 g/mol. The van der Waals surface area contributed by atoms with Gasteiger partial charge in [0.2, 0.25) is 0 Å². The second kappa shape index (κ2) is 6.88. The second-order valence-electron chi connectivity index (χ2n) is 6.24. The quantitative estimate of drug-likeness (QED) is 0.808. The summed E-state index contributed by atoms with van der Waals surface area (Å²) in [6, 6.07) is 2.30. The van der Waals surface area contributed by atoms with Gasteiger partial charge in [-0.2, -0.15) is 0 Å². The first-order chi connectivity index (χ1) is 8.70. The van der Waals surface area contributed by atoms with Gasteiger partial charge in [0.1, 0.15) is 0 Å². The van der Waals surface area contributed by atoms with Gasteiger partial charge in [0.15, 0.2) is 0 Å². The normalized spacial score (nSPS) is 27.5. The number of piperidine rings is 1. The molecule has 18 heavy (non-hydrogen) atoms. The van der Waals surface area contributed by atoms with Crippen molar-refractivity contribution < 1.29 is 0 Å². The topological polar surface area (TPSA) is 18.5 Å². The van der Waals surface area contributed by atoms with E-state index < -0.39 is 0 Å². The Morgan fingerprint density at radius 2 is 1.94 bits per heavy atom. The summed E-state index contributed by atoms with van der Waals surface area (Å²) in [4.78, 5) is 5.35. The first-order valence-corrected chi connectivity index (χ1v) is 7.92. The molecule has 2 saturated heterocycles. The lowest BCUT2D eigenvalue weighted by Crippen LogP contribution is -2.49. The zero-order valence-corrected chi connectivity index (χ0v) is 12.5. The minimum Gasteiger partial charge on any atom is -0.313 e. The smallest absolute Gasteiger partial charge is 0.0195 e. The molecule has 0 aromatic rings. The van der Waals surface area contributed by atoms with Crippen LogP contribution in [-0.2, 0) is 0 Å². The molecule has 0 aromatic carbocycles. The van der Waals surface area contributed by atoms with Crippen LogP contribution in [0.25, 0.3) is 0 Å². The van der Waals surface area contributed by atoms with E-state index in [1.165, 1.54) is 58.4 Å². The summed E-state index contributed by atoms with van der Waals surface area (Å²) < 4.78 is 0. The number of rotatable bonds is 5. The monoisotopic (exact) mass is 253 g/mol. The molecule has 2 aliphatic heterocycles. The van der Waals surface area contributed by atoms with Gasteiger partial charge in [-0.3, -0.25) is 4.90 Å². The average molecular weight is 253 g/mol. The van der Waals surface area contributed by atoms with Crippen molar-refractivity contribution in [1.29, 1.82) is 0 Å². The van der Waals surface area contributed by atoms with Crippen LogP contribution in [0.3, 0.4) is 0 Å². The third kappa shape index (κ3) is 3.69. The molecule has 0 aliphatic carbocycles. The lowest BCUT2D eigenvalue weighted by Gasteiger charge is -2.40. The maximum atomic E-state index is 3.64. The fourth-order valence-electron chi connectivity index (χ4n) is 3.50. The van der Waals surface area contributed by atoms with Crippen LogP contribution in [0.15, 0.2) is 0 Å². The minimum absolute atomic E-state index is 0.720. The number of nitrogens with one attached hydrogen (secondary N) is 1. The predicted octanol–water partition coefficient (Wildman–Crippen LogP) is 1.93. The molecule has 0 aromatic heterocycles. The Labute approximate surface area is 113 Å². The molecule has 2 aliphatic rings. The zero-order valence-electron chi connectivity index (χ0n) is 12.5. The summed E-state index contributed by atoms with van der Waals surface area (Å²) in [6.45, 7) is 13.2. The Bertz CT molecular complexity index is 228. The van der Waals surface area contributed by atoms with Crippen molar-refractivity contribution in [3.63, 3.8) is 0 Å². The van der Waals surface area contributed by atoms with Crippen LogP contribution in [0, 0.1) is 0 Å². The van der Waals surface area contributed by atoms with Crippen LogP contribution in [-0.4, -0.2) is 60.6 Å². The van der Waals surface area contributed by atoms with Gasteiger partial charge in [0.25, 0.3) is 0 Å². The van der Waals surface area contributed by atoms with Crippen LogP contribution in [0.5, 0.6) is 0 Å². The second-order valence-corrected chi connectivity index (χ2v) is 6.24. The maximum Gasteiger partial charge on any atom is 0.0195 e. The zero-order chi connectivity index (χ0) is 13.0.